The molecule has 0 saturated carbocycles. The monoisotopic (exact) mass is 507 g/mol. The molecule has 0 aliphatic rings. The Kier molecular flexibility index (Phi) is 7.59. The predicted octanol–water partition coefficient (Wildman–Crippen LogP) is 4.97. The van der Waals surface area contributed by atoms with Crippen molar-refractivity contribution in [2.24, 2.45) is 0 Å². The summed E-state index contributed by atoms with van der Waals surface area (Å²) in [5.74, 6) is 0.820. The van der Waals surface area contributed by atoms with E-state index in [0.717, 1.165) is 5.56 Å². The molecule has 0 bridgehead atoms. The van der Waals surface area contributed by atoms with Crippen LogP contribution in [0.4, 0.5) is 4.39 Å². The second kappa shape index (κ2) is 10.8. The van der Waals surface area contributed by atoms with Crippen LogP contribution in [0.1, 0.15) is 29.8 Å². The lowest BCUT2D eigenvalue weighted by Crippen LogP contribution is -2.30. The van der Waals surface area contributed by atoms with Gasteiger partial charge in [-0.2, -0.15) is 0 Å². The van der Waals surface area contributed by atoms with Crippen LogP contribution in [0.15, 0.2) is 70.6 Å². The lowest BCUT2D eigenvalue weighted by Gasteiger charge is -2.16. The van der Waals surface area contributed by atoms with Gasteiger partial charge in [0.05, 0.1) is 30.8 Å². The summed E-state index contributed by atoms with van der Waals surface area (Å²) in [6, 6.07) is 16.2. The Morgan fingerprint density at radius 3 is 2.42 bits per heavy atom. The van der Waals surface area contributed by atoms with E-state index in [1.54, 1.807) is 42.5 Å². The number of hydrogen-bond acceptors (Lipinski definition) is 6. The zero-order chi connectivity index (χ0) is 25.8. The Morgan fingerprint density at radius 1 is 1.06 bits per heavy atom. The van der Waals surface area contributed by atoms with Crippen LogP contribution in [0.3, 0.4) is 0 Å². The van der Waals surface area contributed by atoms with Gasteiger partial charge in [-0.05, 0) is 49.7 Å². The second-order valence-electron chi connectivity index (χ2n) is 8.38. The molecule has 0 unspecified atom stereocenters. The van der Waals surface area contributed by atoms with E-state index in [1.165, 1.54) is 42.7 Å². The number of hydrogen-bond donors (Lipinski definition) is 1. The van der Waals surface area contributed by atoms with Crippen molar-refractivity contribution >= 4 is 28.6 Å². The molecule has 9 heteroatoms. The molecule has 186 valence electrons. The molecule has 1 aromatic heterocycles. The van der Waals surface area contributed by atoms with Crippen LogP contribution in [0, 0.1) is 5.82 Å². The molecular weight excluding hydrogens is 481 g/mol. The molecule has 0 saturated heterocycles. The molecule has 36 heavy (non-hydrogen) atoms. The van der Waals surface area contributed by atoms with Crippen molar-refractivity contribution in [3.8, 4) is 17.2 Å². The molecule has 0 aliphatic carbocycles. The minimum atomic E-state index is -0.338. The zero-order valence-corrected chi connectivity index (χ0v) is 21.2. The van der Waals surface area contributed by atoms with Gasteiger partial charge in [-0.25, -0.2) is 9.37 Å². The summed E-state index contributed by atoms with van der Waals surface area (Å²) in [5, 5.41) is 3.59. The van der Waals surface area contributed by atoms with Crippen molar-refractivity contribution in [3.05, 3.63) is 88.0 Å². The number of thioether (sulfide) groups is 1. The standard InChI is InChI=1S/C27H26FN3O4S/c1-16(2)29-25(32)18-8-9-23-24(11-18)30-27(36-15-17-6-5-7-19(28)10-17)31(26(23)33)20-12-21(34-3)14-22(13-20)35-4/h5-14,16H,15H2,1-4H3,(H,29,32). The van der Waals surface area contributed by atoms with Gasteiger partial charge in [0, 0.05) is 35.6 Å². The van der Waals surface area contributed by atoms with Gasteiger partial charge in [0.25, 0.3) is 11.5 Å². The summed E-state index contributed by atoms with van der Waals surface area (Å²) in [4.78, 5) is 31.0. The molecule has 1 N–H and O–H groups in total. The van der Waals surface area contributed by atoms with Crippen LogP contribution in [0.25, 0.3) is 16.6 Å². The molecule has 4 aromatic rings. The van der Waals surface area contributed by atoms with Gasteiger partial charge < -0.3 is 14.8 Å². The van der Waals surface area contributed by atoms with Crippen LogP contribution >= 0.6 is 11.8 Å². The van der Waals surface area contributed by atoms with Gasteiger partial charge >= 0.3 is 0 Å². The van der Waals surface area contributed by atoms with Gasteiger partial charge in [-0.15, -0.1) is 0 Å². The molecule has 0 spiro atoms. The molecule has 0 radical (unpaired) electrons. The van der Waals surface area contributed by atoms with Crippen molar-refractivity contribution in [1.29, 1.82) is 0 Å². The van der Waals surface area contributed by atoms with Gasteiger partial charge in [0.15, 0.2) is 5.16 Å². The molecule has 7 nitrogen and oxygen atoms in total. The van der Waals surface area contributed by atoms with Crippen molar-refractivity contribution < 1.29 is 18.7 Å². The molecule has 1 amide bonds. The number of ether oxygens (including phenoxy) is 2. The first-order chi connectivity index (χ1) is 17.3. The summed E-state index contributed by atoms with van der Waals surface area (Å²) in [7, 11) is 3.06. The highest BCUT2D eigenvalue weighted by Gasteiger charge is 2.17. The number of carbonyl (C=O) groups excluding carboxylic acids is 1. The molecular formula is C27H26FN3O4S. The van der Waals surface area contributed by atoms with Gasteiger partial charge in [0.1, 0.15) is 17.3 Å². The normalized spacial score (nSPS) is 11.1. The number of methoxy groups -OCH3 is 2. The lowest BCUT2D eigenvalue weighted by atomic mass is 10.1. The minimum absolute atomic E-state index is 0.0328. The number of benzene rings is 3. The number of halogens is 1. The summed E-state index contributed by atoms with van der Waals surface area (Å²) < 4.78 is 26.0. The molecule has 0 aliphatic heterocycles. The van der Waals surface area contributed by atoms with E-state index >= 15 is 0 Å². The van der Waals surface area contributed by atoms with E-state index in [4.69, 9.17) is 14.5 Å². The summed E-state index contributed by atoms with van der Waals surface area (Å²) >= 11 is 1.29. The Bertz CT molecular complexity index is 1460. The SMILES string of the molecule is COc1cc(OC)cc(-n2c(SCc3cccc(F)c3)nc3cc(C(=O)NC(C)C)ccc3c2=O)c1. The topological polar surface area (TPSA) is 82.4 Å². The lowest BCUT2D eigenvalue weighted by molar-refractivity contribution is 0.0943. The van der Waals surface area contributed by atoms with Gasteiger partial charge in [0.2, 0.25) is 0 Å². The number of aromatic nitrogens is 2. The molecule has 1 heterocycles. The van der Waals surface area contributed by atoms with E-state index < -0.39 is 0 Å². The summed E-state index contributed by atoms with van der Waals surface area (Å²) in [5.41, 5.74) is 1.74. The second-order valence-corrected chi connectivity index (χ2v) is 9.33. The fourth-order valence-electron chi connectivity index (χ4n) is 3.67. The minimum Gasteiger partial charge on any atom is -0.497 e. The Hall–Kier alpha value is -3.85. The van der Waals surface area contributed by atoms with Gasteiger partial charge in [-0.1, -0.05) is 23.9 Å². The quantitative estimate of drug-likeness (QED) is 0.268. The van der Waals surface area contributed by atoms with E-state index in [0.29, 0.717) is 44.6 Å². The number of carbonyl (C=O) groups is 1. The molecule has 3 aromatic carbocycles. The van der Waals surface area contributed by atoms with Crippen LogP contribution in [-0.4, -0.2) is 35.7 Å². The number of nitrogens with one attached hydrogen (secondary N) is 1. The smallest absolute Gasteiger partial charge is 0.266 e. The fraction of sp³-hybridized carbons (Fsp3) is 0.222. The third kappa shape index (κ3) is 5.52. The highest BCUT2D eigenvalue weighted by molar-refractivity contribution is 7.98. The summed E-state index contributed by atoms with van der Waals surface area (Å²) in [6.07, 6.45) is 0. The first kappa shape index (κ1) is 25.2. The van der Waals surface area contributed by atoms with Crippen molar-refractivity contribution in [2.45, 2.75) is 30.8 Å². The average Bonchev–Trinajstić information content (AvgIpc) is 2.86. The van der Waals surface area contributed by atoms with Crippen molar-refractivity contribution in [2.75, 3.05) is 14.2 Å². The Balaban J connectivity index is 1.88. The fourth-order valence-corrected chi connectivity index (χ4v) is 4.63. The maximum absolute atomic E-state index is 13.7. The van der Waals surface area contributed by atoms with Gasteiger partial charge in [-0.3, -0.25) is 14.2 Å². The largest absolute Gasteiger partial charge is 0.497 e. The highest BCUT2D eigenvalue weighted by atomic mass is 32.2. The van der Waals surface area contributed by atoms with E-state index in [2.05, 4.69) is 5.32 Å². The van der Waals surface area contributed by atoms with Crippen LogP contribution in [0.5, 0.6) is 11.5 Å². The highest BCUT2D eigenvalue weighted by Crippen LogP contribution is 2.29. The van der Waals surface area contributed by atoms with Crippen LogP contribution in [0.2, 0.25) is 0 Å². The number of rotatable bonds is 8. The van der Waals surface area contributed by atoms with E-state index in [9.17, 15) is 14.0 Å². The first-order valence-corrected chi connectivity index (χ1v) is 12.3. The predicted molar refractivity (Wildman–Crippen MR) is 139 cm³/mol. The molecule has 0 atom stereocenters. The third-order valence-corrected chi connectivity index (χ3v) is 6.38. The molecule has 0 fully saturated rings. The number of amides is 1. The van der Waals surface area contributed by atoms with Crippen LogP contribution < -0.4 is 20.3 Å². The number of nitrogens with zero attached hydrogens (tertiary/aromatic N) is 2. The third-order valence-electron chi connectivity index (χ3n) is 5.37. The average molecular weight is 508 g/mol. The van der Waals surface area contributed by atoms with E-state index in [1.807, 2.05) is 19.9 Å². The maximum Gasteiger partial charge on any atom is 0.266 e. The first-order valence-electron chi connectivity index (χ1n) is 11.3. The Labute approximate surface area is 212 Å². The van der Waals surface area contributed by atoms with Crippen LogP contribution in [-0.2, 0) is 5.75 Å². The van der Waals surface area contributed by atoms with Crippen molar-refractivity contribution in [1.82, 2.24) is 14.9 Å². The van der Waals surface area contributed by atoms with E-state index in [-0.39, 0.29) is 23.3 Å². The molecule has 4 rings (SSSR count). The Morgan fingerprint density at radius 2 is 1.78 bits per heavy atom. The number of fused-ring (bicyclic) bond motifs is 1. The zero-order valence-electron chi connectivity index (χ0n) is 20.4. The maximum atomic E-state index is 13.7. The summed E-state index contributed by atoms with van der Waals surface area (Å²) in [6.45, 7) is 3.75. The van der Waals surface area contributed by atoms with Crippen molar-refractivity contribution in [3.63, 3.8) is 0 Å².